The van der Waals surface area contributed by atoms with Gasteiger partial charge in [0.1, 0.15) is 23.9 Å². The minimum atomic E-state index is -0.275. The molecule has 3 aromatic rings. The summed E-state index contributed by atoms with van der Waals surface area (Å²) in [5.41, 5.74) is 1.45. The fraction of sp³-hybridized carbons (Fsp3) is 0.227. The van der Waals surface area contributed by atoms with Gasteiger partial charge in [-0.1, -0.05) is 18.2 Å². The molecular weight excluding hydrogens is 345 g/mol. The molecule has 138 valence electrons. The maximum atomic E-state index is 13.0. The first kappa shape index (κ1) is 17.3. The summed E-state index contributed by atoms with van der Waals surface area (Å²) in [4.78, 5) is 14.9. The molecule has 1 aliphatic carbocycles. The van der Waals surface area contributed by atoms with Crippen LogP contribution in [0.15, 0.2) is 71.3 Å². The number of benzene rings is 2. The maximum absolute atomic E-state index is 13.0. The van der Waals surface area contributed by atoms with Gasteiger partial charge < -0.3 is 14.1 Å². The lowest BCUT2D eigenvalue weighted by atomic mass is 10.1. The highest BCUT2D eigenvalue weighted by atomic mass is 19.1. The summed E-state index contributed by atoms with van der Waals surface area (Å²) in [6.45, 7) is 0.786. The fourth-order valence-electron chi connectivity index (χ4n) is 2.96. The normalized spacial score (nSPS) is 13.4. The van der Waals surface area contributed by atoms with Crippen molar-refractivity contribution < 1.29 is 18.3 Å². The van der Waals surface area contributed by atoms with Gasteiger partial charge in [-0.2, -0.15) is 0 Å². The molecule has 4 nitrogen and oxygen atoms in total. The van der Waals surface area contributed by atoms with E-state index in [1.807, 2.05) is 29.2 Å². The number of furan rings is 1. The minimum Gasteiger partial charge on any atom is -0.489 e. The van der Waals surface area contributed by atoms with E-state index in [2.05, 4.69) is 0 Å². The average molecular weight is 365 g/mol. The Kier molecular flexibility index (Phi) is 4.92. The maximum Gasteiger partial charge on any atom is 0.254 e. The Morgan fingerprint density at radius 3 is 2.63 bits per heavy atom. The van der Waals surface area contributed by atoms with Crippen molar-refractivity contribution in [1.29, 1.82) is 0 Å². The third-order valence-corrected chi connectivity index (χ3v) is 4.55. The van der Waals surface area contributed by atoms with Crippen molar-refractivity contribution in [3.8, 4) is 5.75 Å². The van der Waals surface area contributed by atoms with Gasteiger partial charge in [0.15, 0.2) is 0 Å². The van der Waals surface area contributed by atoms with Crippen LogP contribution in [0.2, 0.25) is 0 Å². The molecule has 5 heteroatoms. The molecule has 2 aromatic carbocycles. The smallest absolute Gasteiger partial charge is 0.254 e. The lowest BCUT2D eigenvalue weighted by molar-refractivity contribution is 0.0717. The monoisotopic (exact) mass is 365 g/mol. The van der Waals surface area contributed by atoms with Gasteiger partial charge in [-0.05, 0) is 60.9 Å². The second-order valence-electron chi connectivity index (χ2n) is 6.69. The molecule has 0 atom stereocenters. The zero-order valence-electron chi connectivity index (χ0n) is 14.8. The molecule has 4 rings (SSSR count). The summed E-state index contributed by atoms with van der Waals surface area (Å²) in [7, 11) is 0. The average Bonchev–Trinajstić information content (AvgIpc) is 3.41. The van der Waals surface area contributed by atoms with E-state index in [9.17, 15) is 9.18 Å². The van der Waals surface area contributed by atoms with Gasteiger partial charge in [-0.15, -0.1) is 0 Å². The SMILES string of the molecule is O=C(c1cccc(OCc2ccc(F)cc2)c1)N(Cc1ccco1)C1CC1. The van der Waals surface area contributed by atoms with E-state index < -0.39 is 0 Å². The topological polar surface area (TPSA) is 42.7 Å². The zero-order valence-corrected chi connectivity index (χ0v) is 14.8. The molecule has 27 heavy (non-hydrogen) atoms. The van der Waals surface area contributed by atoms with Crippen molar-refractivity contribution >= 4 is 5.91 Å². The first-order valence-electron chi connectivity index (χ1n) is 9.00. The fourth-order valence-corrected chi connectivity index (χ4v) is 2.96. The standard InChI is InChI=1S/C22H20FNO3/c23-18-8-6-16(7-9-18)15-27-20-4-1-3-17(13-20)22(25)24(19-10-11-19)14-21-5-2-12-26-21/h1-9,12-13,19H,10-11,14-15H2. The van der Waals surface area contributed by atoms with E-state index in [-0.39, 0.29) is 17.8 Å². The van der Waals surface area contributed by atoms with Gasteiger partial charge in [0, 0.05) is 11.6 Å². The van der Waals surface area contributed by atoms with E-state index in [0.717, 1.165) is 24.2 Å². The highest BCUT2D eigenvalue weighted by molar-refractivity contribution is 5.95. The molecular formula is C22H20FNO3. The second kappa shape index (κ2) is 7.66. The Hall–Kier alpha value is -3.08. The first-order valence-corrected chi connectivity index (χ1v) is 9.00. The summed E-state index contributed by atoms with van der Waals surface area (Å²) in [6.07, 6.45) is 3.66. The Morgan fingerprint density at radius 2 is 1.93 bits per heavy atom. The number of hydrogen-bond acceptors (Lipinski definition) is 3. The minimum absolute atomic E-state index is 0.0267. The van der Waals surface area contributed by atoms with Crippen LogP contribution in [0, 0.1) is 5.82 Å². The largest absolute Gasteiger partial charge is 0.489 e. The number of amides is 1. The summed E-state index contributed by atoms with van der Waals surface area (Å²) >= 11 is 0. The molecule has 1 fully saturated rings. The van der Waals surface area contributed by atoms with Crippen molar-refractivity contribution in [2.75, 3.05) is 0 Å². The predicted molar refractivity (Wildman–Crippen MR) is 98.8 cm³/mol. The van der Waals surface area contributed by atoms with E-state index in [1.54, 1.807) is 30.5 Å². The number of carbonyl (C=O) groups excluding carboxylic acids is 1. The first-order chi connectivity index (χ1) is 13.2. The molecule has 1 aromatic heterocycles. The molecule has 0 N–H and O–H groups in total. The van der Waals surface area contributed by atoms with Crippen LogP contribution >= 0.6 is 0 Å². The van der Waals surface area contributed by atoms with E-state index in [4.69, 9.17) is 9.15 Å². The predicted octanol–water partition coefficient (Wildman–Crippen LogP) is 4.80. The van der Waals surface area contributed by atoms with Gasteiger partial charge in [0.2, 0.25) is 0 Å². The molecule has 1 aliphatic rings. The van der Waals surface area contributed by atoms with Crippen LogP contribution in [0.5, 0.6) is 5.75 Å². The number of rotatable bonds is 7. The van der Waals surface area contributed by atoms with E-state index in [0.29, 0.717) is 24.5 Å². The van der Waals surface area contributed by atoms with Crippen LogP contribution in [0.3, 0.4) is 0 Å². The summed E-state index contributed by atoms with van der Waals surface area (Å²) < 4.78 is 24.2. The number of halogens is 1. The molecule has 0 bridgehead atoms. The third-order valence-electron chi connectivity index (χ3n) is 4.55. The van der Waals surface area contributed by atoms with Gasteiger partial charge in [-0.25, -0.2) is 4.39 Å². The Balaban J connectivity index is 1.45. The van der Waals surface area contributed by atoms with Crippen LogP contribution in [-0.4, -0.2) is 16.8 Å². The van der Waals surface area contributed by atoms with Gasteiger partial charge in [0.05, 0.1) is 12.8 Å². The molecule has 0 saturated heterocycles. The molecule has 1 saturated carbocycles. The molecule has 0 aliphatic heterocycles. The van der Waals surface area contributed by atoms with E-state index >= 15 is 0 Å². The molecule has 1 heterocycles. The summed E-state index contributed by atoms with van der Waals surface area (Å²) in [6, 6.07) is 17.3. The number of hydrogen-bond donors (Lipinski definition) is 0. The van der Waals surface area contributed by atoms with E-state index in [1.165, 1.54) is 12.1 Å². The Bertz CT molecular complexity index is 902. The van der Waals surface area contributed by atoms with Crippen LogP contribution < -0.4 is 4.74 Å². The lowest BCUT2D eigenvalue weighted by Crippen LogP contribution is -2.32. The summed E-state index contributed by atoms with van der Waals surface area (Å²) in [5.74, 6) is 1.09. The molecule has 0 radical (unpaired) electrons. The molecule has 1 amide bonds. The zero-order chi connectivity index (χ0) is 18.6. The quantitative estimate of drug-likeness (QED) is 0.604. The lowest BCUT2D eigenvalue weighted by Gasteiger charge is -2.21. The highest BCUT2D eigenvalue weighted by Crippen LogP contribution is 2.30. The Labute approximate surface area is 157 Å². The second-order valence-corrected chi connectivity index (χ2v) is 6.69. The van der Waals surface area contributed by atoms with Gasteiger partial charge >= 0.3 is 0 Å². The van der Waals surface area contributed by atoms with Crippen LogP contribution in [-0.2, 0) is 13.2 Å². The Morgan fingerprint density at radius 1 is 1.11 bits per heavy atom. The third kappa shape index (κ3) is 4.37. The van der Waals surface area contributed by atoms with Crippen LogP contribution in [0.4, 0.5) is 4.39 Å². The molecule has 0 unspecified atom stereocenters. The van der Waals surface area contributed by atoms with Gasteiger partial charge in [-0.3, -0.25) is 4.79 Å². The van der Waals surface area contributed by atoms with Crippen molar-refractivity contribution in [3.05, 3.63) is 89.6 Å². The van der Waals surface area contributed by atoms with Crippen molar-refractivity contribution in [1.82, 2.24) is 4.90 Å². The number of ether oxygens (including phenoxy) is 1. The van der Waals surface area contributed by atoms with Crippen LogP contribution in [0.1, 0.15) is 34.5 Å². The van der Waals surface area contributed by atoms with Crippen molar-refractivity contribution in [3.63, 3.8) is 0 Å². The molecule has 0 spiro atoms. The van der Waals surface area contributed by atoms with Crippen molar-refractivity contribution in [2.24, 2.45) is 0 Å². The van der Waals surface area contributed by atoms with Crippen molar-refractivity contribution in [2.45, 2.75) is 32.0 Å². The summed E-state index contributed by atoms with van der Waals surface area (Å²) in [5, 5.41) is 0. The van der Waals surface area contributed by atoms with Gasteiger partial charge in [0.25, 0.3) is 5.91 Å². The number of carbonyl (C=O) groups is 1. The number of nitrogens with zero attached hydrogens (tertiary/aromatic N) is 1. The van der Waals surface area contributed by atoms with Crippen LogP contribution in [0.25, 0.3) is 0 Å². The highest BCUT2D eigenvalue weighted by Gasteiger charge is 2.33.